The molecule has 20 heavy (non-hydrogen) atoms. The Morgan fingerprint density at radius 2 is 1.95 bits per heavy atom. The summed E-state index contributed by atoms with van der Waals surface area (Å²) in [5.41, 5.74) is 10.2. The fourth-order valence-corrected chi connectivity index (χ4v) is 1.52. The first-order valence-corrected chi connectivity index (χ1v) is 6.08. The molecule has 8 nitrogen and oxygen atoms in total. The first-order valence-electron chi connectivity index (χ1n) is 6.08. The molecule has 0 unspecified atom stereocenters. The van der Waals surface area contributed by atoms with E-state index in [1.165, 1.54) is 12.3 Å². The predicted molar refractivity (Wildman–Crippen MR) is 72.8 cm³/mol. The Morgan fingerprint density at radius 1 is 1.20 bits per heavy atom. The molecule has 0 atom stereocenters. The molecule has 0 saturated carbocycles. The number of unbranched alkanes of at least 4 members (excludes halogenated alkanes) is 1. The first-order chi connectivity index (χ1) is 9.50. The summed E-state index contributed by atoms with van der Waals surface area (Å²) >= 11 is 0. The molecule has 108 valence electrons. The molecule has 8 heteroatoms. The van der Waals surface area contributed by atoms with Gasteiger partial charge in [0.05, 0.1) is 5.56 Å². The molecule has 6 N–H and O–H groups in total. The quantitative estimate of drug-likeness (QED) is 0.519. The van der Waals surface area contributed by atoms with Gasteiger partial charge in [0.25, 0.3) is 5.91 Å². The number of hydrogen-bond acceptors (Lipinski definition) is 4. The van der Waals surface area contributed by atoms with Crippen LogP contribution in [0.1, 0.15) is 29.6 Å². The molecule has 0 saturated heterocycles. The molecule has 1 rings (SSSR count). The number of primary amides is 2. The summed E-state index contributed by atoms with van der Waals surface area (Å²) in [5.74, 6) is -0.774. The zero-order valence-electron chi connectivity index (χ0n) is 10.9. The third kappa shape index (κ3) is 5.34. The summed E-state index contributed by atoms with van der Waals surface area (Å²) in [5, 5.41) is 4.96. The Balaban J connectivity index is 2.39. The number of urea groups is 1. The average Bonchev–Trinajstić information content (AvgIpc) is 2.38. The number of nitrogens with zero attached hydrogens (tertiary/aromatic N) is 1. The van der Waals surface area contributed by atoms with E-state index in [4.69, 9.17) is 11.5 Å². The van der Waals surface area contributed by atoms with Crippen LogP contribution >= 0.6 is 0 Å². The second-order valence-electron chi connectivity index (χ2n) is 4.06. The van der Waals surface area contributed by atoms with Crippen LogP contribution in [0.15, 0.2) is 18.3 Å². The van der Waals surface area contributed by atoms with Crippen molar-refractivity contribution in [2.75, 3.05) is 11.9 Å². The Hall–Kier alpha value is -2.64. The molecule has 0 aliphatic carbocycles. The minimum atomic E-state index is -0.654. The number of nitrogens with two attached hydrogens (primary N) is 2. The zero-order chi connectivity index (χ0) is 15.0. The molecule has 0 aliphatic rings. The second-order valence-corrected chi connectivity index (χ2v) is 4.06. The van der Waals surface area contributed by atoms with E-state index in [0.717, 1.165) is 0 Å². The van der Waals surface area contributed by atoms with Gasteiger partial charge < -0.3 is 22.1 Å². The summed E-state index contributed by atoms with van der Waals surface area (Å²) in [6.45, 7) is 0.415. The largest absolute Gasteiger partial charge is 0.365 e. The highest BCUT2D eigenvalue weighted by Crippen LogP contribution is 2.11. The Labute approximate surface area is 115 Å². The zero-order valence-corrected chi connectivity index (χ0v) is 10.9. The van der Waals surface area contributed by atoms with Gasteiger partial charge in [0.2, 0.25) is 5.91 Å². The predicted octanol–water partition coefficient (Wildman–Crippen LogP) is -0.0424. The summed E-state index contributed by atoms with van der Waals surface area (Å²) in [6, 6.07) is 2.46. The lowest BCUT2D eigenvalue weighted by molar-refractivity contribution is -0.116. The smallest absolute Gasteiger partial charge is 0.312 e. The molecular weight excluding hydrogens is 262 g/mol. The molecular formula is C12H17N5O3. The number of pyridine rings is 1. The SMILES string of the molecule is NC(=O)NCCCCC(=O)Nc1ncccc1C(N)=O. The molecule has 1 aromatic rings. The van der Waals surface area contributed by atoms with Crippen molar-refractivity contribution in [2.24, 2.45) is 11.5 Å². The van der Waals surface area contributed by atoms with Gasteiger partial charge in [-0.3, -0.25) is 9.59 Å². The lowest BCUT2D eigenvalue weighted by atomic mass is 10.2. The van der Waals surface area contributed by atoms with Gasteiger partial charge in [0, 0.05) is 19.2 Å². The second kappa shape index (κ2) is 7.72. The van der Waals surface area contributed by atoms with Crippen LogP contribution in [0.25, 0.3) is 0 Å². The van der Waals surface area contributed by atoms with Gasteiger partial charge in [-0.2, -0.15) is 0 Å². The molecule has 0 radical (unpaired) electrons. The normalized spacial score (nSPS) is 9.80. The third-order valence-corrected chi connectivity index (χ3v) is 2.46. The maximum Gasteiger partial charge on any atom is 0.312 e. The molecule has 0 fully saturated rings. The number of hydrogen-bond donors (Lipinski definition) is 4. The number of carbonyl (C=O) groups is 3. The molecule has 0 spiro atoms. The third-order valence-electron chi connectivity index (χ3n) is 2.46. The van der Waals surface area contributed by atoms with E-state index < -0.39 is 11.9 Å². The highest BCUT2D eigenvalue weighted by atomic mass is 16.2. The molecule has 0 aliphatic heterocycles. The van der Waals surface area contributed by atoms with E-state index in [1.54, 1.807) is 6.07 Å². The maximum atomic E-state index is 11.7. The van der Waals surface area contributed by atoms with Crippen molar-refractivity contribution in [3.63, 3.8) is 0 Å². The van der Waals surface area contributed by atoms with Crippen molar-refractivity contribution >= 4 is 23.7 Å². The van der Waals surface area contributed by atoms with Crippen molar-refractivity contribution in [1.82, 2.24) is 10.3 Å². The van der Waals surface area contributed by atoms with E-state index in [2.05, 4.69) is 15.6 Å². The number of nitrogens with one attached hydrogen (secondary N) is 2. The van der Waals surface area contributed by atoms with Gasteiger partial charge >= 0.3 is 6.03 Å². The van der Waals surface area contributed by atoms with Gasteiger partial charge in [0.1, 0.15) is 5.82 Å². The van der Waals surface area contributed by atoms with Gasteiger partial charge in [-0.05, 0) is 25.0 Å². The number of anilines is 1. The minimum Gasteiger partial charge on any atom is -0.365 e. The average molecular weight is 279 g/mol. The summed E-state index contributed by atoms with van der Waals surface area (Å²) < 4.78 is 0. The van der Waals surface area contributed by atoms with Crippen LogP contribution in [0, 0.1) is 0 Å². The number of rotatable bonds is 7. The van der Waals surface area contributed by atoms with Crippen LogP contribution in [-0.2, 0) is 4.79 Å². The fourth-order valence-electron chi connectivity index (χ4n) is 1.52. The van der Waals surface area contributed by atoms with E-state index in [-0.39, 0.29) is 23.7 Å². The molecule has 1 heterocycles. The number of aromatic nitrogens is 1. The number of amides is 4. The van der Waals surface area contributed by atoms with Crippen LogP contribution in [0.2, 0.25) is 0 Å². The van der Waals surface area contributed by atoms with E-state index >= 15 is 0 Å². The Kier molecular flexibility index (Phi) is 5.95. The van der Waals surface area contributed by atoms with Crippen molar-refractivity contribution < 1.29 is 14.4 Å². The van der Waals surface area contributed by atoms with E-state index in [1.807, 2.05) is 0 Å². The van der Waals surface area contributed by atoms with Crippen molar-refractivity contribution in [2.45, 2.75) is 19.3 Å². The van der Waals surface area contributed by atoms with Gasteiger partial charge in [-0.1, -0.05) is 0 Å². The standard InChI is InChI=1S/C12H17N5O3/c13-10(19)8-4-3-7-15-11(8)17-9(18)5-1-2-6-16-12(14)20/h3-4,7H,1-2,5-6H2,(H2,13,19)(H3,14,16,20)(H,15,17,18). The van der Waals surface area contributed by atoms with Crippen LogP contribution in [-0.4, -0.2) is 29.4 Å². The van der Waals surface area contributed by atoms with Crippen LogP contribution in [0.3, 0.4) is 0 Å². The van der Waals surface area contributed by atoms with Crippen LogP contribution in [0.5, 0.6) is 0 Å². The molecule has 1 aromatic heterocycles. The first kappa shape index (κ1) is 15.4. The van der Waals surface area contributed by atoms with Crippen molar-refractivity contribution in [3.05, 3.63) is 23.9 Å². The van der Waals surface area contributed by atoms with Gasteiger partial charge in [-0.15, -0.1) is 0 Å². The molecule has 4 amide bonds. The minimum absolute atomic E-state index is 0.153. The molecule has 0 aromatic carbocycles. The summed E-state index contributed by atoms with van der Waals surface area (Å²) in [4.78, 5) is 37.1. The van der Waals surface area contributed by atoms with Crippen LogP contribution < -0.4 is 22.1 Å². The maximum absolute atomic E-state index is 11.7. The number of carbonyl (C=O) groups excluding carboxylic acids is 3. The van der Waals surface area contributed by atoms with E-state index in [0.29, 0.717) is 19.4 Å². The van der Waals surface area contributed by atoms with Gasteiger partial charge in [0.15, 0.2) is 0 Å². The molecule has 0 bridgehead atoms. The van der Waals surface area contributed by atoms with Crippen molar-refractivity contribution in [3.8, 4) is 0 Å². The fraction of sp³-hybridized carbons (Fsp3) is 0.333. The highest BCUT2D eigenvalue weighted by molar-refractivity contribution is 6.01. The highest BCUT2D eigenvalue weighted by Gasteiger charge is 2.11. The summed E-state index contributed by atoms with van der Waals surface area (Å²) in [6.07, 6.45) is 2.90. The van der Waals surface area contributed by atoms with Crippen LogP contribution in [0.4, 0.5) is 10.6 Å². The topological polar surface area (TPSA) is 140 Å². The lowest BCUT2D eigenvalue weighted by Gasteiger charge is -2.07. The van der Waals surface area contributed by atoms with Crippen molar-refractivity contribution in [1.29, 1.82) is 0 Å². The Bertz CT molecular complexity index is 504. The Morgan fingerprint density at radius 3 is 2.60 bits per heavy atom. The van der Waals surface area contributed by atoms with E-state index in [9.17, 15) is 14.4 Å². The summed E-state index contributed by atoms with van der Waals surface area (Å²) in [7, 11) is 0. The monoisotopic (exact) mass is 279 g/mol. The lowest BCUT2D eigenvalue weighted by Crippen LogP contribution is -2.30. The van der Waals surface area contributed by atoms with Gasteiger partial charge in [-0.25, -0.2) is 9.78 Å².